The first-order valence-corrected chi connectivity index (χ1v) is 6.49. The number of phenolic OH excluding ortho intramolecular Hbond substituents is 1. The minimum atomic E-state index is 0.187. The molecule has 2 N–H and O–H groups in total. The van der Waals surface area contributed by atoms with Crippen LogP contribution in [-0.2, 0) is 0 Å². The van der Waals surface area contributed by atoms with Crippen LogP contribution in [0.2, 0.25) is 0 Å². The highest BCUT2D eigenvalue weighted by atomic mass is 32.1. The Balaban J connectivity index is 1.99. The van der Waals surface area contributed by atoms with Gasteiger partial charge in [0.15, 0.2) is 5.11 Å². The topological polar surface area (TPSA) is 47.9 Å². The smallest absolute Gasteiger partial charge is 0.193 e. The lowest BCUT2D eigenvalue weighted by atomic mass is 10.2. The van der Waals surface area contributed by atoms with Crippen molar-refractivity contribution in [2.75, 3.05) is 12.4 Å². The minimum absolute atomic E-state index is 0.187. The van der Waals surface area contributed by atoms with Gasteiger partial charge in [-0.25, -0.2) is 5.01 Å². The molecule has 0 aromatic heterocycles. The number of aromatic hydroxyl groups is 1. The Morgan fingerprint density at radius 2 is 1.80 bits per heavy atom. The molecule has 2 aromatic rings. The zero-order valence-electron chi connectivity index (χ0n) is 11.0. The van der Waals surface area contributed by atoms with E-state index in [9.17, 15) is 5.11 Å². The molecule has 0 bridgehead atoms. The predicted molar refractivity (Wildman–Crippen MR) is 86.1 cm³/mol. The summed E-state index contributed by atoms with van der Waals surface area (Å²) in [5.74, 6) is 0.187. The van der Waals surface area contributed by atoms with Gasteiger partial charge in [-0.15, -0.1) is 0 Å². The van der Waals surface area contributed by atoms with E-state index in [1.165, 1.54) is 5.01 Å². The molecule has 5 heteroatoms. The van der Waals surface area contributed by atoms with Crippen LogP contribution in [0.15, 0.2) is 59.7 Å². The zero-order valence-corrected chi connectivity index (χ0v) is 11.8. The maximum atomic E-state index is 9.64. The number of nitrogens with zero attached hydrogens (tertiary/aromatic N) is 2. The number of thiocarbonyl (C=S) groups is 1. The van der Waals surface area contributed by atoms with E-state index < -0.39 is 0 Å². The van der Waals surface area contributed by atoms with Gasteiger partial charge in [-0.1, -0.05) is 30.3 Å². The molecule has 20 heavy (non-hydrogen) atoms. The number of rotatable bonds is 3. The fourth-order valence-corrected chi connectivity index (χ4v) is 1.69. The highest BCUT2D eigenvalue weighted by Crippen LogP contribution is 2.13. The van der Waals surface area contributed by atoms with Crippen LogP contribution in [0.1, 0.15) is 5.56 Å². The fraction of sp³-hybridized carbons (Fsp3) is 0.0667. The lowest BCUT2D eigenvalue weighted by molar-refractivity contribution is 0.474. The van der Waals surface area contributed by atoms with Crippen molar-refractivity contribution in [3.8, 4) is 5.75 Å². The summed E-state index contributed by atoms with van der Waals surface area (Å²) < 4.78 is 0. The number of phenols is 1. The third-order valence-corrected chi connectivity index (χ3v) is 2.99. The third kappa shape index (κ3) is 3.80. The molecule has 0 saturated carbocycles. The second-order valence-corrected chi connectivity index (χ2v) is 4.51. The number of nitrogens with one attached hydrogen (secondary N) is 1. The SMILES string of the molecule is CN(/N=C/c1ccccc1O)C(=S)Nc1ccccc1. The maximum Gasteiger partial charge on any atom is 0.193 e. The standard InChI is InChI=1S/C15H15N3OS/c1-18(15(20)17-13-8-3-2-4-9-13)16-11-12-7-5-6-10-14(12)19/h2-11,19H,1H3,(H,17,20)/b16-11+. The van der Waals surface area contributed by atoms with E-state index in [0.717, 1.165) is 5.69 Å². The van der Waals surface area contributed by atoms with Gasteiger partial charge in [0, 0.05) is 18.3 Å². The van der Waals surface area contributed by atoms with Crippen LogP contribution in [0.5, 0.6) is 5.75 Å². The normalized spacial score (nSPS) is 10.4. The summed E-state index contributed by atoms with van der Waals surface area (Å²) in [6.45, 7) is 0. The van der Waals surface area contributed by atoms with Gasteiger partial charge >= 0.3 is 0 Å². The third-order valence-electron chi connectivity index (χ3n) is 2.63. The first-order chi connectivity index (χ1) is 9.66. The van der Waals surface area contributed by atoms with Gasteiger partial charge in [0.25, 0.3) is 0 Å². The molecular formula is C15H15N3OS. The van der Waals surface area contributed by atoms with Gasteiger partial charge in [-0.05, 0) is 36.5 Å². The second-order valence-electron chi connectivity index (χ2n) is 4.12. The first-order valence-electron chi connectivity index (χ1n) is 6.08. The molecule has 2 rings (SSSR count). The van der Waals surface area contributed by atoms with E-state index in [-0.39, 0.29) is 5.75 Å². The van der Waals surface area contributed by atoms with Gasteiger partial charge in [-0.2, -0.15) is 5.10 Å². The lowest BCUT2D eigenvalue weighted by Gasteiger charge is -2.15. The van der Waals surface area contributed by atoms with E-state index in [2.05, 4.69) is 10.4 Å². The van der Waals surface area contributed by atoms with Crippen molar-refractivity contribution in [2.24, 2.45) is 5.10 Å². The van der Waals surface area contributed by atoms with Crippen molar-refractivity contribution < 1.29 is 5.11 Å². The van der Waals surface area contributed by atoms with Crippen molar-refractivity contribution >= 4 is 29.2 Å². The van der Waals surface area contributed by atoms with E-state index in [1.807, 2.05) is 36.4 Å². The molecule has 0 radical (unpaired) electrons. The molecular weight excluding hydrogens is 270 g/mol. The second kappa shape index (κ2) is 6.68. The van der Waals surface area contributed by atoms with Gasteiger partial charge in [0.1, 0.15) is 5.75 Å². The number of hydrazone groups is 1. The van der Waals surface area contributed by atoms with Gasteiger partial charge in [0.05, 0.1) is 6.21 Å². The fourth-order valence-electron chi connectivity index (χ4n) is 1.52. The molecule has 0 spiro atoms. The Kier molecular flexibility index (Phi) is 4.68. The molecule has 0 aliphatic carbocycles. The summed E-state index contributed by atoms with van der Waals surface area (Å²) in [6, 6.07) is 16.6. The van der Waals surface area contributed by atoms with Crippen molar-refractivity contribution in [1.29, 1.82) is 0 Å². The van der Waals surface area contributed by atoms with Crippen LogP contribution in [0.3, 0.4) is 0 Å². The number of hydrogen-bond acceptors (Lipinski definition) is 3. The van der Waals surface area contributed by atoms with Gasteiger partial charge in [0.2, 0.25) is 0 Å². The number of benzene rings is 2. The molecule has 102 valence electrons. The van der Waals surface area contributed by atoms with E-state index in [0.29, 0.717) is 10.7 Å². The van der Waals surface area contributed by atoms with Crippen molar-refractivity contribution in [2.45, 2.75) is 0 Å². The molecule has 0 amide bonds. The Hall–Kier alpha value is -2.40. The van der Waals surface area contributed by atoms with E-state index in [1.54, 1.807) is 31.5 Å². The molecule has 2 aromatic carbocycles. The summed E-state index contributed by atoms with van der Waals surface area (Å²) >= 11 is 5.25. The van der Waals surface area contributed by atoms with Crippen molar-refractivity contribution in [3.05, 3.63) is 60.2 Å². The molecule has 0 heterocycles. The largest absolute Gasteiger partial charge is 0.507 e. The summed E-state index contributed by atoms with van der Waals surface area (Å²) in [7, 11) is 1.74. The number of hydrogen-bond donors (Lipinski definition) is 2. The van der Waals surface area contributed by atoms with Crippen LogP contribution in [0.25, 0.3) is 0 Å². The Morgan fingerprint density at radius 1 is 1.15 bits per heavy atom. The highest BCUT2D eigenvalue weighted by Gasteiger charge is 2.02. The summed E-state index contributed by atoms with van der Waals surface area (Å²) in [5.41, 5.74) is 1.55. The Bertz CT molecular complexity index is 614. The Labute approximate surface area is 123 Å². The molecule has 0 unspecified atom stereocenters. The quantitative estimate of drug-likeness (QED) is 0.517. The van der Waals surface area contributed by atoms with Crippen LogP contribution in [-0.4, -0.2) is 28.5 Å². The molecule has 4 nitrogen and oxygen atoms in total. The van der Waals surface area contributed by atoms with Crippen LogP contribution in [0.4, 0.5) is 5.69 Å². The zero-order chi connectivity index (χ0) is 14.4. The molecule has 0 atom stereocenters. The first kappa shape index (κ1) is 14.0. The molecule has 0 fully saturated rings. The lowest BCUT2D eigenvalue weighted by Crippen LogP contribution is -2.26. The highest BCUT2D eigenvalue weighted by molar-refractivity contribution is 7.80. The van der Waals surface area contributed by atoms with Crippen molar-refractivity contribution in [1.82, 2.24) is 5.01 Å². The van der Waals surface area contributed by atoms with E-state index >= 15 is 0 Å². The molecule has 0 aliphatic rings. The van der Waals surface area contributed by atoms with Gasteiger partial charge in [-0.3, -0.25) is 0 Å². The summed E-state index contributed by atoms with van der Waals surface area (Å²) in [6.07, 6.45) is 1.56. The summed E-state index contributed by atoms with van der Waals surface area (Å²) in [4.78, 5) is 0. The Morgan fingerprint density at radius 3 is 2.50 bits per heavy atom. The monoisotopic (exact) mass is 285 g/mol. The number of para-hydroxylation sites is 2. The van der Waals surface area contributed by atoms with Crippen LogP contribution < -0.4 is 5.32 Å². The van der Waals surface area contributed by atoms with Gasteiger partial charge < -0.3 is 10.4 Å². The summed E-state index contributed by atoms with van der Waals surface area (Å²) in [5, 5.41) is 18.9. The minimum Gasteiger partial charge on any atom is -0.507 e. The average molecular weight is 285 g/mol. The maximum absolute atomic E-state index is 9.64. The van der Waals surface area contributed by atoms with Crippen LogP contribution >= 0.6 is 12.2 Å². The number of anilines is 1. The molecule has 0 aliphatic heterocycles. The van der Waals surface area contributed by atoms with Crippen LogP contribution in [0, 0.1) is 0 Å². The van der Waals surface area contributed by atoms with E-state index in [4.69, 9.17) is 12.2 Å². The van der Waals surface area contributed by atoms with Crippen molar-refractivity contribution in [3.63, 3.8) is 0 Å². The predicted octanol–water partition coefficient (Wildman–Crippen LogP) is 3.05. The molecule has 0 saturated heterocycles. The average Bonchev–Trinajstić information content (AvgIpc) is 2.47.